The van der Waals surface area contributed by atoms with Crippen LogP contribution in [0.5, 0.6) is 0 Å². The quantitative estimate of drug-likeness (QED) is 0.330. The fourth-order valence-corrected chi connectivity index (χ4v) is 1.10. The monoisotopic (exact) mass is 108 g/mol. The van der Waals surface area contributed by atoms with Crippen LogP contribution in [0.4, 0.5) is 0 Å². The Morgan fingerprint density at radius 1 is 1.62 bits per heavy atom. The van der Waals surface area contributed by atoms with Crippen LogP contribution in [-0.2, 0) is 0 Å². The predicted molar refractivity (Wildman–Crippen MR) is 39.6 cm³/mol. The summed E-state index contributed by atoms with van der Waals surface area (Å²) in [6.45, 7) is 5.49. The molecule has 0 saturated carbocycles. The molecule has 1 aliphatic rings. The van der Waals surface area contributed by atoms with Gasteiger partial charge in [0.25, 0.3) is 0 Å². The Morgan fingerprint density at radius 2 is 2.38 bits per heavy atom. The van der Waals surface area contributed by atoms with Gasteiger partial charge in [0.1, 0.15) is 6.71 Å². The molecule has 0 aromatic rings. The SMILES string of the molecule is CB1CC=C(C)CC1. The van der Waals surface area contributed by atoms with E-state index < -0.39 is 0 Å². The minimum atomic E-state index is 0.943. The summed E-state index contributed by atoms with van der Waals surface area (Å²) in [5, 5.41) is 0. The van der Waals surface area contributed by atoms with Crippen molar-refractivity contribution in [1.29, 1.82) is 0 Å². The predicted octanol–water partition coefficient (Wildman–Crippen LogP) is 2.46. The van der Waals surface area contributed by atoms with Crippen molar-refractivity contribution >= 4 is 6.71 Å². The molecule has 0 fully saturated rings. The first kappa shape index (κ1) is 5.93. The molecule has 0 atom stereocenters. The number of rotatable bonds is 0. The molecule has 0 aliphatic carbocycles. The topological polar surface area (TPSA) is 0 Å². The summed E-state index contributed by atoms with van der Waals surface area (Å²) < 4.78 is 0. The van der Waals surface area contributed by atoms with Crippen molar-refractivity contribution < 1.29 is 0 Å². The second-order valence-electron chi connectivity index (χ2n) is 2.93. The number of hydrogen-bond acceptors (Lipinski definition) is 0. The molecule has 0 nitrogen and oxygen atoms in total. The first-order valence-corrected chi connectivity index (χ1v) is 3.44. The smallest absolute Gasteiger partial charge is 0.0928 e. The Bertz CT molecular complexity index is 105. The summed E-state index contributed by atoms with van der Waals surface area (Å²) in [6, 6.07) is 0. The van der Waals surface area contributed by atoms with Gasteiger partial charge >= 0.3 is 0 Å². The van der Waals surface area contributed by atoms with E-state index in [1.807, 2.05) is 0 Å². The minimum absolute atomic E-state index is 0.943. The highest BCUT2D eigenvalue weighted by Crippen LogP contribution is 2.17. The Hall–Kier alpha value is -0.195. The second kappa shape index (κ2) is 2.39. The van der Waals surface area contributed by atoms with Crippen molar-refractivity contribution in [3.8, 4) is 0 Å². The molecule has 0 spiro atoms. The minimum Gasteiger partial charge on any atom is -0.0928 e. The highest BCUT2D eigenvalue weighted by Gasteiger charge is 2.08. The van der Waals surface area contributed by atoms with E-state index in [9.17, 15) is 0 Å². The maximum Gasteiger partial charge on any atom is 0.141 e. The largest absolute Gasteiger partial charge is 0.141 e. The van der Waals surface area contributed by atoms with Gasteiger partial charge in [-0.05, 0) is 13.3 Å². The third-order valence-corrected chi connectivity index (χ3v) is 1.90. The van der Waals surface area contributed by atoms with E-state index in [4.69, 9.17) is 0 Å². The van der Waals surface area contributed by atoms with Gasteiger partial charge in [0, 0.05) is 0 Å². The van der Waals surface area contributed by atoms with Crippen LogP contribution in [0.15, 0.2) is 11.6 Å². The maximum atomic E-state index is 2.37. The lowest BCUT2D eigenvalue weighted by Crippen LogP contribution is -2.08. The molecule has 0 saturated heterocycles. The molecule has 1 rings (SSSR count). The summed E-state index contributed by atoms with van der Waals surface area (Å²) in [7, 11) is 0. The standard InChI is InChI=1S/C7H13B/c1-7-3-5-8(2)6-4-7/h3H,4-6H2,1-2H3. The zero-order valence-electron chi connectivity index (χ0n) is 5.78. The van der Waals surface area contributed by atoms with E-state index in [0.29, 0.717) is 0 Å². The number of hydrogen-bond donors (Lipinski definition) is 0. The zero-order chi connectivity index (χ0) is 5.98. The summed E-state index contributed by atoms with van der Waals surface area (Å²) in [6.07, 6.45) is 6.42. The average Bonchev–Trinajstić information content (AvgIpc) is 1.77. The van der Waals surface area contributed by atoms with Gasteiger partial charge in [-0.3, -0.25) is 0 Å². The van der Waals surface area contributed by atoms with Gasteiger partial charge in [-0.2, -0.15) is 0 Å². The molecule has 1 aliphatic heterocycles. The summed E-state index contributed by atoms with van der Waals surface area (Å²) >= 11 is 0. The van der Waals surface area contributed by atoms with Crippen LogP contribution in [-0.4, -0.2) is 6.71 Å². The maximum absolute atomic E-state index is 2.37. The van der Waals surface area contributed by atoms with Crippen molar-refractivity contribution in [3.63, 3.8) is 0 Å². The average molecular weight is 108 g/mol. The second-order valence-corrected chi connectivity index (χ2v) is 2.93. The van der Waals surface area contributed by atoms with Gasteiger partial charge in [-0.25, -0.2) is 0 Å². The molecule has 0 amide bonds. The number of allylic oxidation sites excluding steroid dienone is 2. The molecule has 0 radical (unpaired) electrons. The Morgan fingerprint density at radius 3 is 2.75 bits per heavy atom. The normalized spacial score (nSPS) is 20.8. The molecular weight excluding hydrogens is 94.9 g/mol. The van der Waals surface area contributed by atoms with E-state index in [1.54, 1.807) is 5.57 Å². The fourth-order valence-electron chi connectivity index (χ4n) is 1.10. The summed E-state index contributed by atoms with van der Waals surface area (Å²) in [5.41, 5.74) is 1.59. The molecule has 0 bridgehead atoms. The Balaban J connectivity index is 2.42. The van der Waals surface area contributed by atoms with Gasteiger partial charge in [0.15, 0.2) is 0 Å². The fraction of sp³-hybridized carbons (Fsp3) is 0.714. The highest BCUT2D eigenvalue weighted by molar-refractivity contribution is 6.58. The third kappa shape index (κ3) is 1.39. The van der Waals surface area contributed by atoms with Gasteiger partial charge in [-0.1, -0.05) is 31.1 Å². The summed E-state index contributed by atoms with van der Waals surface area (Å²) in [5.74, 6) is 0. The van der Waals surface area contributed by atoms with Crippen LogP contribution in [0.2, 0.25) is 19.5 Å². The molecule has 8 heavy (non-hydrogen) atoms. The van der Waals surface area contributed by atoms with E-state index in [0.717, 1.165) is 6.71 Å². The van der Waals surface area contributed by atoms with E-state index in [1.165, 1.54) is 19.1 Å². The van der Waals surface area contributed by atoms with Crippen LogP contribution < -0.4 is 0 Å². The molecule has 44 valence electrons. The molecule has 1 heterocycles. The molecular formula is C7H13B. The highest BCUT2D eigenvalue weighted by atomic mass is 13.9. The molecule has 1 heteroatoms. The van der Waals surface area contributed by atoms with Gasteiger partial charge in [-0.15, -0.1) is 0 Å². The van der Waals surface area contributed by atoms with Crippen molar-refractivity contribution in [3.05, 3.63) is 11.6 Å². The van der Waals surface area contributed by atoms with Crippen LogP contribution in [0.3, 0.4) is 0 Å². The van der Waals surface area contributed by atoms with Crippen molar-refractivity contribution in [1.82, 2.24) is 0 Å². The van der Waals surface area contributed by atoms with E-state index in [-0.39, 0.29) is 0 Å². The van der Waals surface area contributed by atoms with Crippen molar-refractivity contribution in [2.75, 3.05) is 0 Å². The van der Waals surface area contributed by atoms with Crippen molar-refractivity contribution in [2.24, 2.45) is 0 Å². The van der Waals surface area contributed by atoms with Crippen LogP contribution in [0.25, 0.3) is 0 Å². The third-order valence-electron chi connectivity index (χ3n) is 1.90. The molecule has 0 aromatic heterocycles. The summed E-state index contributed by atoms with van der Waals surface area (Å²) in [4.78, 5) is 0. The molecule has 0 aromatic carbocycles. The first-order chi connectivity index (χ1) is 3.79. The van der Waals surface area contributed by atoms with Gasteiger partial charge in [0.05, 0.1) is 0 Å². The van der Waals surface area contributed by atoms with Gasteiger partial charge < -0.3 is 0 Å². The van der Waals surface area contributed by atoms with E-state index >= 15 is 0 Å². The lowest BCUT2D eigenvalue weighted by atomic mass is 9.44. The Kier molecular flexibility index (Phi) is 1.77. The molecule has 0 unspecified atom stereocenters. The van der Waals surface area contributed by atoms with Crippen LogP contribution in [0, 0.1) is 0 Å². The van der Waals surface area contributed by atoms with Crippen LogP contribution in [0.1, 0.15) is 13.3 Å². The van der Waals surface area contributed by atoms with Crippen LogP contribution >= 0.6 is 0 Å². The lowest BCUT2D eigenvalue weighted by molar-refractivity contribution is 1.04. The van der Waals surface area contributed by atoms with E-state index in [2.05, 4.69) is 19.8 Å². The van der Waals surface area contributed by atoms with Crippen molar-refractivity contribution in [2.45, 2.75) is 32.8 Å². The Labute approximate surface area is 52.1 Å². The zero-order valence-corrected chi connectivity index (χ0v) is 5.78. The van der Waals surface area contributed by atoms with Gasteiger partial charge in [0.2, 0.25) is 0 Å². The molecule has 0 N–H and O–H groups in total. The lowest BCUT2D eigenvalue weighted by Gasteiger charge is -2.11. The first-order valence-electron chi connectivity index (χ1n) is 3.44.